The van der Waals surface area contributed by atoms with Crippen LogP contribution in [0.25, 0.3) is 0 Å². The molecule has 0 fully saturated rings. The van der Waals surface area contributed by atoms with Crippen LogP contribution in [-0.4, -0.2) is 29.9 Å². The van der Waals surface area contributed by atoms with Crippen LogP contribution in [-0.2, 0) is 6.54 Å². The van der Waals surface area contributed by atoms with Gasteiger partial charge in [-0.25, -0.2) is 0 Å². The van der Waals surface area contributed by atoms with Crippen LogP contribution in [0, 0.1) is 0 Å². The summed E-state index contributed by atoms with van der Waals surface area (Å²) in [5.41, 5.74) is 2.49. The van der Waals surface area contributed by atoms with Crippen LogP contribution in [0.2, 0.25) is 0 Å². The summed E-state index contributed by atoms with van der Waals surface area (Å²) in [6.07, 6.45) is 3.29. The van der Waals surface area contributed by atoms with Gasteiger partial charge in [-0.15, -0.1) is 0 Å². The first-order valence-corrected chi connectivity index (χ1v) is 6.13. The molecule has 0 bridgehead atoms. The molecule has 0 unspecified atom stereocenters. The van der Waals surface area contributed by atoms with E-state index >= 15 is 0 Å². The lowest BCUT2D eigenvalue weighted by atomic mass is 10.1. The van der Waals surface area contributed by atoms with E-state index in [1.54, 1.807) is 37.5 Å². The van der Waals surface area contributed by atoms with Crippen LogP contribution in [0.4, 0.5) is 5.69 Å². The number of hydrogen-bond acceptors (Lipinski definition) is 3. The van der Waals surface area contributed by atoms with Crippen molar-refractivity contribution in [3.63, 3.8) is 0 Å². The van der Waals surface area contributed by atoms with E-state index < -0.39 is 0 Å². The summed E-state index contributed by atoms with van der Waals surface area (Å²) >= 11 is 0. The van der Waals surface area contributed by atoms with Gasteiger partial charge in [-0.3, -0.25) is 9.78 Å². The quantitative estimate of drug-likeness (QED) is 0.912. The summed E-state index contributed by atoms with van der Waals surface area (Å²) in [4.78, 5) is 18.1. The molecule has 2 rings (SSSR count). The zero-order valence-corrected chi connectivity index (χ0v) is 11.1. The Balaban J connectivity index is 2.15. The minimum absolute atomic E-state index is 0.0180. The van der Waals surface area contributed by atoms with Gasteiger partial charge in [-0.05, 0) is 11.6 Å². The molecule has 0 atom stereocenters. The van der Waals surface area contributed by atoms with Crippen molar-refractivity contribution in [1.29, 1.82) is 0 Å². The number of rotatable bonds is 4. The van der Waals surface area contributed by atoms with Gasteiger partial charge in [0.05, 0.1) is 17.4 Å². The number of anilines is 1. The highest BCUT2D eigenvalue weighted by Crippen LogP contribution is 2.15. The predicted octanol–water partition coefficient (Wildman–Crippen LogP) is 2.40. The molecule has 4 heteroatoms. The van der Waals surface area contributed by atoms with Crippen molar-refractivity contribution in [2.75, 3.05) is 19.4 Å². The summed E-state index contributed by atoms with van der Waals surface area (Å²) < 4.78 is 0. The number of aromatic nitrogens is 1. The number of nitrogens with one attached hydrogen (secondary N) is 1. The van der Waals surface area contributed by atoms with E-state index in [1.807, 2.05) is 30.3 Å². The Morgan fingerprint density at radius 2 is 2.00 bits per heavy atom. The Labute approximate surface area is 113 Å². The van der Waals surface area contributed by atoms with E-state index in [1.165, 1.54) is 0 Å². The van der Waals surface area contributed by atoms with Crippen molar-refractivity contribution in [3.8, 4) is 0 Å². The van der Waals surface area contributed by atoms with Gasteiger partial charge in [-0.1, -0.05) is 30.3 Å². The van der Waals surface area contributed by atoms with Crippen molar-refractivity contribution in [2.45, 2.75) is 6.54 Å². The lowest BCUT2D eigenvalue weighted by molar-refractivity contribution is 0.0786. The van der Waals surface area contributed by atoms with E-state index in [9.17, 15) is 4.79 Å². The first-order chi connectivity index (χ1) is 9.22. The minimum atomic E-state index is -0.0180. The van der Waals surface area contributed by atoms with Gasteiger partial charge in [0.2, 0.25) is 0 Å². The highest BCUT2D eigenvalue weighted by atomic mass is 16.2. The number of pyridine rings is 1. The molecule has 0 spiro atoms. The number of amides is 1. The highest BCUT2D eigenvalue weighted by molar-refractivity contribution is 5.99. The zero-order valence-electron chi connectivity index (χ0n) is 11.1. The predicted molar refractivity (Wildman–Crippen MR) is 76.0 cm³/mol. The first kappa shape index (κ1) is 13.1. The molecule has 0 radical (unpaired) electrons. The third-order valence-corrected chi connectivity index (χ3v) is 2.93. The maximum Gasteiger partial charge on any atom is 0.256 e. The van der Waals surface area contributed by atoms with Crippen molar-refractivity contribution >= 4 is 11.6 Å². The maximum absolute atomic E-state index is 12.4. The Morgan fingerprint density at radius 1 is 1.26 bits per heavy atom. The van der Waals surface area contributed by atoms with Gasteiger partial charge in [0.15, 0.2) is 0 Å². The first-order valence-electron chi connectivity index (χ1n) is 6.13. The Hall–Kier alpha value is -2.36. The smallest absolute Gasteiger partial charge is 0.256 e. The second-order valence-corrected chi connectivity index (χ2v) is 4.32. The largest absolute Gasteiger partial charge is 0.386 e. The van der Waals surface area contributed by atoms with Crippen LogP contribution >= 0.6 is 0 Å². The molecule has 1 N–H and O–H groups in total. The summed E-state index contributed by atoms with van der Waals surface area (Å²) in [6, 6.07) is 11.7. The van der Waals surface area contributed by atoms with E-state index in [-0.39, 0.29) is 5.91 Å². The molecule has 0 aliphatic carbocycles. The van der Waals surface area contributed by atoms with Crippen molar-refractivity contribution in [2.24, 2.45) is 0 Å². The molecule has 1 aromatic carbocycles. The second kappa shape index (κ2) is 6.00. The van der Waals surface area contributed by atoms with Crippen molar-refractivity contribution in [3.05, 3.63) is 59.9 Å². The van der Waals surface area contributed by atoms with Crippen molar-refractivity contribution < 1.29 is 4.79 Å². The fraction of sp³-hybridized carbons (Fsp3) is 0.200. The van der Waals surface area contributed by atoms with Crippen LogP contribution in [0.15, 0.2) is 48.8 Å². The van der Waals surface area contributed by atoms with Gasteiger partial charge in [-0.2, -0.15) is 0 Å². The molecule has 1 aromatic heterocycles. The number of hydrogen-bond donors (Lipinski definition) is 1. The molecule has 98 valence electrons. The molecule has 2 aromatic rings. The van der Waals surface area contributed by atoms with Crippen LogP contribution in [0.3, 0.4) is 0 Å². The molecule has 0 aliphatic heterocycles. The number of carbonyl (C=O) groups is 1. The van der Waals surface area contributed by atoms with Gasteiger partial charge < -0.3 is 10.2 Å². The Bertz CT molecular complexity index is 554. The Morgan fingerprint density at radius 3 is 2.68 bits per heavy atom. The van der Waals surface area contributed by atoms with E-state index in [0.29, 0.717) is 12.1 Å². The summed E-state index contributed by atoms with van der Waals surface area (Å²) in [6.45, 7) is 0.588. The monoisotopic (exact) mass is 255 g/mol. The standard InChI is InChI=1S/C15H17N3O/c1-16-14-10-17-9-8-13(14)15(19)18(2)11-12-6-4-3-5-7-12/h3-10,16H,11H2,1-2H3. The molecule has 0 saturated carbocycles. The molecule has 4 nitrogen and oxygen atoms in total. The number of nitrogens with zero attached hydrogens (tertiary/aromatic N) is 2. The molecular formula is C15H17N3O. The lowest BCUT2D eigenvalue weighted by Crippen LogP contribution is -2.26. The van der Waals surface area contributed by atoms with Crippen molar-refractivity contribution in [1.82, 2.24) is 9.88 Å². The zero-order chi connectivity index (χ0) is 13.7. The van der Waals surface area contributed by atoms with Crippen LogP contribution in [0.5, 0.6) is 0 Å². The molecule has 0 saturated heterocycles. The molecule has 19 heavy (non-hydrogen) atoms. The SMILES string of the molecule is CNc1cnccc1C(=O)N(C)Cc1ccccc1. The summed E-state index contributed by atoms with van der Waals surface area (Å²) in [5.74, 6) is -0.0180. The van der Waals surface area contributed by atoms with E-state index in [4.69, 9.17) is 0 Å². The van der Waals surface area contributed by atoms with Gasteiger partial charge in [0, 0.05) is 26.8 Å². The number of benzene rings is 1. The third-order valence-electron chi connectivity index (χ3n) is 2.93. The van der Waals surface area contributed by atoms with Gasteiger partial charge in [0.25, 0.3) is 5.91 Å². The second-order valence-electron chi connectivity index (χ2n) is 4.32. The topological polar surface area (TPSA) is 45.2 Å². The summed E-state index contributed by atoms with van der Waals surface area (Å²) in [5, 5.41) is 2.99. The minimum Gasteiger partial charge on any atom is -0.386 e. The maximum atomic E-state index is 12.4. The molecular weight excluding hydrogens is 238 g/mol. The molecule has 0 aliphatic rings. The molecule has 1 amide bonds. The van der Waals surface area contributed by atoms with Crippen LogP contribution < -0.4 is 5.32 Å². The fourth-order valence-corrected chi connectivity index (χ4v) is 1.91. The van der Waals surface area contributed by atoms with Crippen LogP contribution in [0.1, 0.15) is 15.9 Å². The van der Waals surface area contributed by atoms with E-state index in [2.05, 4.69) is 10.3 Å². The summed E-state index contributed by atoms with van der Waals surface area (Å²) in [7, 11) is 3.58. The van der Waals surface area contributed by atoms with E-state index in [0.717, 1.165) is 11.3 Å². The average Bonchev–Trinajstić information content (AvgIpc) is 2.47. The normalized spacial score (nSPS) is 10.0. The highest BCUT2D eigenvalue weighted by Gasteiger charge is 2.15. The molecule has 1 heterocycles. The van der Waals surface area contributed by atoms with Gasteiger partial charge >= 0.3 is 0 Å². The average molecular weight is 255 g/mol. The fourth-order valence-electron chi connectivity index (χ4n) is 1.91. The lowest BCUT2D eigenvalue weighted by Gasteiger charge is -2.18. The Kier molecular flexibility index (Phi) is 4.13. The van der Waals surface area contributed by atoms with Gasteiger partial charge in [0.1, 0.15) is 0 Å². The third kappa shape index (κ3) is 3.10. The number of carbonyl (C=O) groups excluding carboxylic acids is 1.